The molecule has 10 heteroatoms. The lowest BCUT2D eigenvalue weighted by atomic mass is 10.2. The third-order valence-electron chi connectivity index (χ3n) is 3.83. The summed E-state index contributed by atoms with van der Waals surface area (Å²) in [6.07, 6.45) is 0.885. The molecule has 1 aromatic heterocycles. The van der Waals surface area contributed by atoms with Crippen molar-refractivity contribution in [2.75, 3.05) is 12.4 Å². The molecule has 2 rings (SSSR count). The Morgan fingerprint density at radius 2 is 1.96 bits per heavy atom. The number of pyridine rings is 1. The molecule has 1 aromatic carbocycles. The summed E-state index contributed by atoms with van der Waals surface area (Å²) < 4.78 is 51.6. The molecule has 3 N–H and O–H groups in total. The topological polar surface area (TPSA) is 112 Å². The van der Waals surface area contributed by atoms with Crippen LogP contribution >= 0.6 is 0 Å². The lowest BCUT2D eigenvalue weighted by Gasteiger charge is -2.15. The number of carbonyl (C=O) groups is 1. The smallest absolute Gasteiger partial charge is 0.274 e. The quantitative estimate of drug-likeness (QED) is 0.511. The van der Waals surface area contributed by atoms with Gasteiger partial charge in [-0.25, -0.2) is 22.2 Å². The van der Waals surface area contributed by atoms with Crippen molar-refractivity contribution in [3.63, 3.8) is 0 Å². The lowest BCUT2D eigenvalue weighted by molar-refractivity contribution is 0.102. The van der Waals surface area contributed by atoms with Gasteiger partial charge >= 0.3 is 0 Å². The minimum Gasteiger partial charge on any atom is -0.376 e. The van der Waals surface area contributed by atoms with Crippen LogP contribution in [0.2, 0.25) is 0 Å². The molecule has 1 atom stereocenters. The van der Waals surface area contributed by atoms with Crippen LogP contribution in [-0.4, -0.2) is 37.4 Å². The van der Waals surface area contributed by atoms with E-state index in [2.05, 4.69) is 15.6 Å². The Hall–Kier alpha value is -2.88. The minimum absolute atomic E-state index is 0.0500. The highest BCUT2D eigenvalue weighted by Crippen LogP contribution is 2.20. The fourth-order valence-corrected chi connectivity index (χ4v) is 3.57. The fourth-order valence-electron chi connectivity index (χ4n) is 2.19. The van der Waals surface area contributed by atoms with Gasteiger partial charge in [0.2, 0.25) is 0 Å². The van der Waals surface area contributed by atoms with Crippen LogP contribution in [0.1, 0.15) is 23.0 Å². The van der Waals surface area contributed by atoms with Gasteiger partial charge in [-0.3, -0.25) is 10.2 Å². The molecular formula is C17H18F2N4O3S. The van der Waals surface area contributed by atoms with E-state index < -0.39 is 38.4 Å². The van der Waals surface area contributed by atoms with Crippen molar-refractivity contribution >= 4 is 27.3 Å². The Balaban J connectivity index is 2.22. The Kier molecular flexibility index (Phi) is 6.21. The summed E-state index contributed by atoms with van der Waals surface area (Å²) >= 11 is 0. The number of nitrogens with zero attached hydrogens (tertiary/aromatic N) is 1. The minimum atomic E-state index is -3.84. The summed E-state index contributed by atoms with van der Waals surface area (Å²) in [7, 11) is -2.42. The first-order valence-corrected chi connectivity index (χ1v) is 9.54. The molecule has 0 spiro atoms. The molecule has 0 bridgehead atoms. The van der Waals surface area contributed by atoms with Crippen LogP contribution in [0.3, 0.4) is 0 Å². The van der Waals surface area contributed by atoms with E-state index in [-0.39, 0.29) is 22.8 Å². The number of carbonyl (C=O) groups excluding carboxylic acids is 1. The van der Waals surface area contributed by atoms with Gasteiger partial charge in [-0.1, -0.05) is 0 Å². The van der Waals surface area contributed by atoms with Crippen molar-refractivity contribution < 1.29 is 22.0 Å². The van der Waals surface area contributed by atoms with Gasteiger partial charge in [0.05, 0.1) is 11.9 Å². The van der Waals surface area contributed by atoms with Crippen LogP contribution in [0.25, 0.3) is 0 Å². The third kappa shape index (κ3) is 5.07. The second kappa shape index (κ2) is 8.21. The average molecular weight is 396 g/mol. The number of hydrogen-bond donors (Lipinski definition) is 3. The molecule has 0 aliphatic carbocycles. The molecule has 1 heterocycles. The molecule has 0 saturated heterocycles. The Morgan fingerprint density at radius 1 is 1.26 bits per heavy atom. The summed E-state index contributed by atoms with van der Waals surface area (Å²) in [5.41, 5.74) is -0.0318. The first-order valence-electron chi connectivity index (χ1n) is 7.83. The predicted octanol–water partition coefficient (Wildman–Crippen LogP) is 2.11. The zero-order valence-corrected chi connectivity index (χ0v) is 15.4. The van der Waals surface area contributed by atoms with E-state index in [9.17, 15) is 22.0 Å². The highest BCUT2D eigenvalue weighted by molar-refractivity contribution is 7.92. The van der Waals surface area contributed by atoms with Crippen LogP contribution in [0, 0.1) is 17.0 Å². The molecule has 1 unspecified atom stereocenters. The van der Waals surface area contributed by atoms with Gasteiger partial charge in [-0.15, -0.1) is 0 Å². The van der Waals surface area contributed by atoms with Gasteiger partial charge in [-0.05, 0) is 37.3 Å². The number of rotatable bonds is 6. The van der Waals surface area contributed by atoms with Crippen molar-refractivity contribution in [3.8, 4) is 0 Å². The van der Waals surface area contributed by atoms with E-state index >= 15 is 0 Å². The van der Waals surface area contributed by atoms with E-state index in [1.54, 1.807) is 0 Å². The number of hydrogen-bond acceptors (Lipinski definition) is 5. The summed E-state index contributed by atoms with van der Waals surface area (Å²) in [4.78, 5) is 15.7. The van der Waals surface area contributed by atoms with Crippen LogP contribution in [-0.2, 0) is 15.6 Å². The average Bonchev–Trinajstić information content (AvgIpc) is 2.63. The fraction of sp³-hybridized carbons (Fsp3) is 0.235. The van der Waals surface area contributed by atoms with Crippen molar-refractivity contribution in [2.24, 2.45) is 0 Å². The molecule has 1 amide bonds. The van der Waals surface area contributed by atoms with Crippen LogP contribution in [0.15, 0.2) is 36.5 Å². The van der Waals surface area contributed by atoms with Crippen molar-refractivity contribution in [1.82, 2.24) is 10.3 Å². The molecule has 0 aliphatic heterocycles. The van der Waals surface area contributed by atoms with Gasteiger partial charge in [0.1, 0.15) is 28.4 Å². The maximum Gasteiger partial charge on any atom is 0.274 e. The van der Waals surface area contributed by atoms with E-state index in [1.807, 2.05) is 0 Å². The van der Waals surface area contributed by atoms with Crippen molar-refractivity contribution in [1.29, 1.82) is 5.41 Å². The molecule has 0 aliphatic rings. The van der Waals surface area contributed by atoms with E-state index in [0.717, 1.165) is 18.3 Å². The monoisotopic (exact) mass is 396 g/mol. The lowest BCUT2D eigenvalue weighted by Crippen LogP contribution is -2.36. The maximum atomic E-state index is 14.1. The number of amidine groups is 1. The van der Waals surface area contributed by atoms with E-state index in [0.29, 0.717) is 0 Å². The molecular weight excluding hydrogens is 378 g/mol. The maximum absolute atomic E-state index is 14.1. The molecule has 0 saturated carbocycles. The molecule has 0 fully saturated rings. The molecule has 7 nitrogen and oxygen atoms in total. The van der Waals surface area contributed by atoms with E-state index in [4.69, 9.17) is 5.41 Å². The zero-order valence-electron chi connectivity index (χ0n) is 14.6. The first-order chi connectivity index (χ1) is 12.6. The molecule has 0 radical (unpaired) electrons. The normalized spacial score (nSPS) is 12.3. The highest BCUT2D eigenvalue weighted by Gasteiger charge is 2.26. The summed E-state index contributed by atoms with van der Waals surface area (Å²) in [5.74, 6) is -2.84. The van der Waals surface area contributed by atoms with Gasteiger partial charge < -0.3 is 10.6 Å². The molecule has 2 aromatic rings. The van der Waals surface area contributed by atoms with Crippen LogP contribution in [0.4, 0.5) is 14.5 Å². The second-order valence-corrected chi connectivity index (χ2v) is 8.06. The highest BCUT2D eigenvalue weighted by atomic mass is 32.2. The third-order valence-corrected chi connectivity index (χ3v) is 5.86. The number of aromatic nitrogens is 1. The number of nitrogens with one attached hydrogen (secondary N) is 3. The number of benzene rings is 1. The summed E-state index contributed by atoms with van der Waals surface area (Å²) in [6.45, 7) is 1.33. The van der Waals surface area contributed by atoms with Gasteiger partial charge in [-0.2, -0.15) is 0 Å². The van der Waals surface area contributed by atoms with Crippen LogP contribution < -0.4 is 10.6 Å². The molecule has 144 valence electrons. The Morgan fingerprint density at radius 3 is 2.56 bits per heavy atom. The zero-order chi connectivity index (χ0) is 20.2. The standard InChI is InChI=1S/C17H18F2N4O3S/c1-10(16(20)21-2)27(25,26)9-11-7-13(4-5-14(11)19)23-17(24)15-6-3-12(18)8-22-15/h3-8,10H,9H2,1-2H3,(H2,20,21)(H,23,24). The first kappa shape index (κ1) is 20.4. The van der Waals surface area contributed by atoms with Gasteiger partial charge in [0, 0.05) is 18.3 Å². The Labute approximate surface area is 155 Å². The molecule has 27 heavy (non-hydrogen) atoms. The SMILES string of the molecule is CNC(=N)C(C)S(=O)(=O)Cc1cc(NC(=O)c2ccc(F)cn2)ccc1F. The number of sulfone groups is 1. The number of anilines is 1. The van der Waals surface area contributed by atoms with E-state index in [1.165, 1.54) is 32.2 Å². The van der Waals surface area contributed by atoms with Crippen molar-refractivity contribution in [3.05, 3.63) is 59.4 Å². The Bertz CT molecular complexity index is 963. The second-order valence-electron chi connectivity index (χ2n) is 5.74. The summed E-state index contributed by atoms with van der Waals surface area (Å²) in [6, 6.07) is 5.76. The number of halogens is 2. The van der Waals surface area contributed by atoms with Gasteiger partial charge in [0.15, 0.2) is 9.84 Å². The van der Waals surface area contributed by atoms with Crippen LogP contribution in [0.5, 0.6) is 0 Å². The largest absolute Gasteiger partial charge is 0.376 e. The number of amides is 1. The van der Waals surface area contributed by atoms with Gasteiger partial charge in [0.25, 0.3) is 5.91 Å². The summed E-state index contributed by atoms with van der Waals surface area (Å²) in [5, 5.41) is 11.4. The predicted molar refractivity (Wildman–Crippen MR) is 97.4 cm³/mol. The van der Waals surface area contributed by atoms with Crippen molar-refractivity contribution in [2.45, 2.75) is 17.9 Å².